The molecule has 1 aromatic heterocycles. The van der Waals surface area contributed by atoms with Gasteiger partial charge in [-0.3, -0.25) is 24.0 Å². The number of carbonyl (C=O) groups excluding carboxylic acids is 1. The van der Waals surface area contributed by atoms with Crippen molar-refractivity contribution in [3.05, 3.63) is 33.1 Å². The van der Waals surface area contributed by atoms with Crippen LogP contribution in [0, 0.1) is 11.3 Å². The van der Waals surface area contributed by atoms with E-state index in [1.165, 1.54) is 112 Å². The van der Waals surface area contributed by atoms with Gasteiger partial charge in [-0.2, -0.15) is 5.26 Å². The Morgan fingerprint density at radius 3 is 2.17 bits per heavy atom. The van der Waals surface area contributed by atoms with E-state index in [1.807, 2.05) is 21.6 Å². The lowest BCUT2D eigenvalue weighted by Crippen LogP contribution is -2.43. The molecule has 338 valence electrons. The zero-order chi connectivity index (χ0) is 42.8. The normalized spacial score (nSPS) is 21.2. The third kappa shape index (κ3) is 19.2. The highest BCUT2D eigenvalue weighted by Crippen LogP contribution is 2.50. The fraction of sp³-hybridized carbons (Fsp3) is 0.860. The summed E-state index contributed by atoms with van der Waals surface area (Å²) in [5.41, 5.74) is -1.17. The monoisotopic (exact) mass is 885 g/mol. The SMILES string of the molecule is CCCCCCCCCCCCCCCCN(OC[C@H]1O[C@@H](n2ccc(=O)[nH]c2=O)C(OC)C1OP(OCCC#N)N(C(C)C)C(C)C)C(=O)CCCCC1CCSS1. The van der Waals surface area contributed by atoms with Crippen molar-refractivity contribution in [1.29, 1.82) is 5.26 Å². The number of aromatic amines is 1. The van der Waals surface area contributed by atoms with E-state index in [2.05, 4.69) is 50.3 Å². The van der Waals surface area contributed by atoms with Crippen LogP contribution in [-0.4, -0.2) is 93.5 Å². The summed E-state index contributed by atoms with van der Waals surface area (Å²) in [6.07, 6.45) is 20.3. The number of amides is 1. The minimum absolute atomic E-state index is 0.0376. The number of nitrogens with one attached hydrogen (secondary N) is 1. The predicted octanol–water partition coefficient (Wildman–Crippen LogP) is 10.1. The predicted molar refractivity (Wildman–Crippen MR) is 241 cm³/mol. The van der Waals surface area contributed by atoms with Crippen molar-refractivity contribution in [3.8, 4) is 6.07 Å². The summed E-state index contributed by atoms with van der Waals surface area (Å²) >= 11 is 0. The van der Waals surface area contributed by atoms with Crippen LogP contribution < -0.4 is 11.2 Å². The summed E-state index contributed by atoms with van der Waals surface area (Å²) < 4.78 is 29.0. The van der Waals surface area contributed by atoms with E-state index in [4.69, 9.17) is 23.4 Å². The zero-order valence-electron chi connectivity index (χ0n) is 37.0. The molecule has 0 saturated carbocycles. The summed E-state index contributed by atoms with van der Waals surface area (Å²) in [4.78, 5) is 47.6. The van der Waals surface area contributed by atoms with Crippen LogP contribution in [0.5, 0.6) is 0 Å². The Kier molecular flexibility index (Phi) is 26.9. The quantitative estimate of drug-likeness (QED) is 0.0310. The maximum Gasteiger partial charge on any atom is 0.330 e. The van der Waals surface area contributed by atoms with Crippen LogP contribution in [-0.2, 0) is 28.2 Å². The molecule has 16 heteroatoms. The van der Waals surface area contributed by atoms with Gasteiger partial charge in [0.1, 0.15) is 24.9 Å². The first kappa shape index (κ1) is 51.9. The fourth-order valence-corrected chi connectivity index (χ4v) is 12.5. The minimum atomic E-state index is -1.73. The molecule has 1 aromatic rings. The standard InChI is InChI=1S/C43H76N5O8PS2/c1-7-8-9-10-11-12-13-14-15-16-17-18-19-22-29-47(39(50)25-21-20-24-36-27-32-58-59-36)53-33-37-40(56-57(54-31-23-28-44)48(34(2)3)35(4)5)41(52-6)42(55-37)46-30-26-38(49)45-43(46)51/h26,30,34-37,40-42H,7-25,27,29,31-33H2,1-6H3,(H,45,49,51)/t36?,37-,40?,41?,42-,57?/m1/s1. The zero-order valence-corrected chi connectivity index (χ0v) is 39.5. The van der Waals surface area contributed by atoms with Crippen molar-refractivity contribution in [2.24, 2.45) is 0 Å². The molecule has 13 nitrogen and oxygen atoms in total. The molecule has 3 heterocycles. The summed E-state index contributed by atoms with van der Waals surface area (Å²) in [5, 5.41) is 11.5. The van der Waals surface area contributed by atoms with Gasteiger partial charge >= 0.3 is 5.69 Å². The van der Waals surface area contributed by atoms with E-state index in [-0.39, 0.29) is 37.6 Å². The number of hydroxylamine groups is 2. The minimum Gasteiger partial charge on any atom is -0.374 e. The van der Waals surface area contributed by atoms with Crippen LogP contribution in [0.2, 0.25) is 0 Å². The maximum atomic E-state index is 13.8. The van der Waals surface area contributed by atoms with Gasteiger partial charge in [-0.05, 0) is 53.4 Å². The molecule has 0 bridgehead atoms. The van der Waals surface area contributed by atoms with E-state index in [0.717, 1.165) is 38.5 Å². The van der Waals surface area contributed by atoms with Crippen LogP contribution >= 0.6 is 30.1 Å². The van der Waals surface area contributed by atoms with Crippen LogP contribution in [0.3, 0.4) is 0 Å². The van der Waals surface area contributed by atoms with Gasteiger partial charge < -0.3 is 18.5 Å². The molecular weight excluding hydrogens is 810 g/mol. The van der Waals surface area contributed by atoms with Crippen molar-refractivity contribution < 1.29 is 28.2 Å². The molecule has 1 amide bonds. The average molecular weight is 886 g/mol. The first-order valence-corrected chi connectivity index (χ1v) is 26.1. The number of methoxy groups -OCH3 is 1. The molecule has 0 aliphatic carbocycles. The van der Waals surface area contributed by atoms with Gasteiger partial charge in [-0.15, -0.1) is 0 Å². The lowest BCUT2D eigenvalue weighted by atomic mass is 10.0. The fourth-order valence-electron chi connectivity index (χ4n) is 7.68. The van der Waals surface area contributed by atoms with E-state index in [9.17, 15) is 19.6 Å². The van der Waals surface area contributed by atoms with Gasteiger partial charge in [0.2, 0.25) is 5.91 Å². The number of carbonyl (C=O) groups is 1. The number of unbranched alkanes of at least 4 members (excludes halogenated alkanes) is 14. The van der Waals surface area contributed by atoms with Crippen molar-refractivity contribution >= 4 is 36.0 Å². The number of nitrogens with zero attached hydrogens (tertiary/aromatic N) is 4. The van der Waals surface area contributed by atoms with Gasteiger partial charge in [-0.1, -0.05) is 118 Å². The molecular formula is C43H76N5O8PS2. The van der Waals surface area contributed by atoms with E-state index in [0.29, 0.717) is 18.2 Å². The highest BCUT2D eigenvalue weighted by Gasteiger charge is 2.50. The molecule has 2 aliphatic rings. The summed E-state index contributed by atoms with van der Waals surface area (Å²) in [5.74, 6) is 1.15. The van der Waals surface area contributed by atoms with E-state index >= 15 is 0 Å². The molecule has 1 N–H and O–H groups in total. The number of H-pyrrole nitrogens is 1. The van der Waals surface area contributed by atoms with Gasteiger partial charge in [0.05, 0.1) is 19.1 Å². The molecule has 4 unspecified atom stereocenters. The molecule has 0 spiro atoms. The number of hydrogen-bond acceptors (Lipinski definition) is 12. The van der Waals surface area contributed by atoms with E-state index in [1.54, 1.807) is 0 Å². The lowest BCUT2D eigenvalue weighted by molar-refractivity contribution is -0.202. The highest BCUT2D eigenvalue weighted by atomic mass is 33.1. The second-order valence-corrected chi connectivity index (χ2v) is 20.6. The molecule has 0 radical (unpaired) electrons. The topological polar surface area (TPSA) is 148 Å². The smallest absolute Gasteiger partial charge is 0.330 e. The lowest BCUT2D eigenvalue weighted by Gasteiger charge is -2.38. The number of ether oxygens (including phenoxy) is 2. The molecule has 2 fully saturated rings. The Labute approximate surface area is 364 Å². The van der Waals surface area contributed by atoms with Crippen LogP contribution in [0.25, 0.3) is 0 Å². The molecule has 2 saturated heterocycles. The Balaban J connectivity index is 1.70. The first-order chi connectivity index (χ1) is 28.6. The number of aromatic nitrogens is 2. The van der Waals surface area contributed by atoms with Crippen LogP contribution in [0.15, 0.2) is 21.9 Å². The van der Waals surface area contributed by atoms with Crippen LogP contribution in [0.4, 0.5) is 0 Å². The third-order valence-corrected chi connectivity index (χ3v) is 16.0. The Hall–Kier alpha value is -1.47. The largest absolute Gasteiger partial charge is 0.374 e. The Morgan fingerprint density at radius 1 is 0.966 bits per heavy atom. The molecule has 2 aliphatic heterocycles. The highest BCUT2D eigenvalue weighted by molar-refractivity contribution is 8.77. The summed E-state index contributed by atoms with van der Waals surface area (Å²) in [7, 11) is 3.71. The van der Waals surface area contributed by atoms with Crippen molar-refractivity contribution in [3.63, 3.8) is 0 Å². The molecule has 0 aromatic carbocycles. The van der Waals surface area contributed by atoms with Crippen molar-refractivity contribution in [1.82, 2.24) is 19.3 Å². The van der Waals surface area contributed by atoms with Gasteiger partial charge in [0.15, 0.2) is 6.23 Å². The summed E-state index contributed by atoms with van der Waals surface area (Å²) in [6.45, 7) is 11.1. The maximum absolute atomic E-state index is 13.8. The number of rotatable bonds is 33. The second-order valence-electron chi connectivity index (χ2n) is 16.4. The van der Waals surface area contributed by atoms with E-state index < -0.39 is 44.3 Å². The van der Waals surface area contributed by atoms with Gasteiger partial charge in [0.25, 0.3) is 14.1 Å². The van der Waals surface area contributed by atoms with Crippen molar-refractivity contribution in [2.45, 2.75) is 205 Å². The first-order valence-electron chi connectivity index (χ1n) is 22.6. The Bertz CT molecular complexity index is 1430. The molecule has 3 rings (SSSR count). The second kappa shape index (κ2) is 30.6. The third-order valence-electron chi connectivity index (χ3n) is 10.8. The van der Waals surface area contributed by atoms with Gasteiger partial charge in [-0.25, -0.2) is 14.5 Å². The Morgan fingerprint density at radius 2 is 1.61 bits per heavy atom. The molecule has 6 atom stereocenters. The number of hydrogen-bond donors (Lipinski definition) is 1. The van der Waals surface area contributed by atoms with Crippen molar-refractivity contribution in [2.75, 3.05) is 32.6 Å². The average Bonchev–Trinajstić information content (AvgIpc) is 3.85. The molecule has 59 heavy (non-hydrogen) atoms. The van der Waals surface area contributed by atoms with Crippen LogP contribution in [0.1, 0.15) is 169 Å². The number of nitriles is 1. The summed E-state index contributed by atoms with van der Waals surface area (Å²) in [6, 6.07) is 3.49. The van der Waals surface area contributed by atoms with Gasteiger partial charge in [0, 0.05) is 55.4 Å².